The van der Waals surface area contributed by atoms with Crippen molar-refractivity contribution in [2.45, 2.75) is 38.5 Å². The van der Waals surface area contributed by atoms with Gasteiger partial charge in [-0.25, -0.2) is 4.98 Å². The first-order valence-corrected chi connectivity index (χ1v) is 8.12. The van der Waals surface area contributed by atoms with E-state index in [0.29, 0.717) is 18.0 Å². The number of aliphatic carboxylic acids is 1. The van der Waals surface area contributed by atoms with E-state index in [1.54, 1.807) is 6.08 Å². The summed E-state index contributed by atoms with van der Waals surface area (Å²) in [6.45, 7) is 0. The van der Waals surface area contributed by atoms with Crippen LogP contribution in [0.25, 0.3) is 0 Å². The van der Waals surface area contributed by atoms with Crippen LogP contribution in [0.4, 0.5) is 5.13 Å². The number of hydrogen-bond acceptors (Lipinski definition) is 5. The summed E-state index contributed by atoms with van der Waals surface area (Å²) in [7, 11) is 0. The van der Waals surface area contributed by atoms with Crippen LogP contribution in [0.15, 0.2) is 12.2 Å². The van der Waals surface area contributed by atoms with Gasteiger partial charge in [0, 0.05) is 16.8 Å². The molecular formula is C15H17N2O3S-. The Morgan fingerprint density at radius 1 is 1.19 bits per heavy atom. The molecule has 0 fully saturated rings. The molecule has 2 atom stereocenters. The highest BCUT2D eigenvalue weighted by Crippen LogP contribution is 2.31. The van der Waals surface area contributed by atoms with Crippen LogP contribution in [0.3, 0.4) is 0 Å². The maximum absolute atomic E-state index is 12.3. The second-order valence-corrected chi connectivity index (χ2v) is 6.64. The summed E-state index contributed by atoms with van der Waals surface area (Å²) in [5.74, 6) is -2.73. The first-order valence-electron chi connectivity index (χ1n) is 7.30. The minimum Gasteiger partial charge on any atom is -0.550 e. The summed E-state index contributed by atoms with van der Waals surface area (Å²) in [6, 6.07) is 0. The Morgan fingerprint density at radius 2 is 1.90 bits per heavy atom. The number of rotatable bonds is 3. The molecule has 0 aliphatic heterocycles. The number of carbonyl (C=O) groups excluding carboxylic acids is 2. The number of carboxylic acid groups (broad SMARTS) is 1. The van der Waals surface area contributed by atoms with Crippen LogP contribution in [-0.4, -0.2) is 16.9 Å². The molecule has 3 rings (SSSR count). The van der Waals surface area contributed by atoms with E-state index in [-0.39, 0.29) is 5.91 Å². The number of aromatic nitrogens is 1. The molecule has 0 bridgehead atoms. The summed E-state index contributed by atoms with van der Waals surface area (Å²) in [6.07, 6.45) is 8.76. The van der Waals surface area contributed by atoms with E-state index in [0.717, 1.165) is 25.0 Å². The molecule has 2 aliphatic carbocycles. The summed E-state index contributed by atoms with van der Waals surface area (Å²) in [4.78, 5) is 29.2. The molecule has 1 N–H and O–H groups in total. The van der Waals surface area contributed by atoms with Gasteiger partial charge in [-0.3, -0.25) is 4.79 Å². The first kappa shape index (κ1) is 14.3. The Morgan fingerprint density at radius 3 is 2.62 bits per heavy atom. The number of thiazole rings is 1. The maximum Gasteiger partial charge on any atom is 0.230 e. The second-order valence-electron chi connectivity index (χ2n) is 5.56. The summed E-state index contributed by atoms with van der Waals surface area (Å²) >= 11 is 1.51. The van der Waals surface area contributed by atoms with Crippen molar-refractivity contribution >= 4 is 28.3 Å². The fourth-order valence-corrected chi connectivity index (χ4v) is 4.02. The molecule has 1 aromatic heterocycles. The Kier molecular flexibility index (Phi) is 4.05. The lowest BCUT2D eigenvalue weighted by molar-refractivity contribution is -0.313. The summed E-state index contributed by atoms with van der Waals surface area (Å²) < 4.78 is 0. The van der Waals surface area contributed by atoms with Crippen molar-refractivity contribution in [3.05, 3.63) is 22.7 Å². The van der Waals surface area contributed by atoms with Gasteiger partial charge in [0.1, 0.15) is 0 Å². The molecule has 5 nitrogen and oxygen atoms in total. The molecule has 112 valence electrons. The van der Waals surface area contributed by atoms with Crippen molar-refractivity contribution in [1.29, 1.82) is 0 Å². The molecular weight excluding hydrogens is 288 g/mol. The van der Waals surface area contributed by atoms with Crippen LogP contribution >= 0.6 is 11.3 Å². The number of hydrogen-bond donors (Lipinski definition) is 1. The molecule has 0 saturated heterocycles. The zero-order valence-electron chi connectivity index (χ0n) is 11.6. The van der Waals surface area contributed by atoms with Crippen molar-refractivity contribution in [2.24, 2.45) is 11.8 Å². The number of nitrogens with one attached hydrogen (secondary N) is 1. The second kappa shape index (κ2) is 5.97. The largest absolute Gasteiger partial charge is 0.550 e. The van der Waals surface area contributed by atoms with Crippen LogP contribution in [0.1, 0.15) is 36.3 Å². The normalized spacial score (nSPS) is 24.4. The molecule has 2 aliphatic rings. The van der Waals surface area contributed by atoms with Gasteiger partial charge in [-0.1, -0.05) is 12.2 Å². The third-order valence-electron chi connectivity index (χ3n) is 4.15. The fraction of sp³-hybridized carbons (Fsp3) is 0.533. The average molecular weight is 305 g/mol. The van der Waals surface area contributed by atoms with Crippen molar-refractivity contribution in [3.63, 3.8) is 0 Å². The van der Waals surface area contributed by atoms with Gasteiger partial charge in [-0.15, -0.1) is 11.3 Å². The summed E-state index contributed by atoms with van der Waals surface area (Å²) in [5, 5.41) is 14.5. The molecule has 0 radical (unpaired) electrons. The third kappa shape index (κ3) is 3.00. The highest BCUT2D eigenvalue weighted by molar-refractivity contribution is 7.15. The molecule has 1 aromatic rings. The number of nitrogens with zero attached hydrogens (tertiary/aromatic N) is 1. The van der Waals surface area contributed by atoms with Crippen LogP contribution in [0, 0.1) is 11.8 Å². The highest BCUT2D eigenvalue weighted by Gasteiger charge is 2.30. The van der Waals surface area contributed by atoms with Gasteiger partial charge in [-0.05, 0) is 38.5 Å². The van der Waals surface area contributed by atoms with E-state index in [9.17, 15) is 14.7 Å². The summed E-state index contributed by atoms with van der Waals surface area (Å²) in [5.41, 5.74) is 1.08. The number of fused-ring (bicyclic) bond motifs is 1. The molecule has 0 aromatic carbocycles. The number of allylic oxidation sites excluding steroid dienone is 2. The fourth-order valence-electron chi connectivity index (χ4n) is 2.97. The Balaban J connectivity index is 1.72. The highest BCUT2D eigenvalue weighted by atomic mass is 32.1. The van der Waals surface area contributed by atoms with Crippen LogP contribution in [-0.2, 0) is 22.4 Å². The van der Waals surface area contributed by atoms with Crippen LogP contribution < -0.4 is 10.4 Å². The molecule has 0 spiro atoms. The van der Waals surface area contributed by atoms with Gasteiger partial charge < -0.3 is 15.2 Å². The number of carboxylic acids is 1. The molecule has 1 heterocycles. The quantitative estimate of drug-likeness (QED) is 0.853. The van der Waals surface area contributed by atoms with E-state index in [2.05, 4.69) is 10.3 Å². The van der Waals surface area contributed by atoms with E-state index < -0.39 is 17.8 Å². The third-order valence-corrected chi connectivity index (χ3v) is 5.22. The van der Waals surface area contributed by atoms with Gasteiger partial charge in [0.25, 0.3) is 0 Å². The molecule has 0 saturated carbocycles. The monoisotopic (exact) mass is 305 g/mol. The van der Waals surface area contributed by atoms with E-state index in [1.165, 1.54) is 22.6 Å². The van der Waals surface area contributed by atoms with Crippen molar-refractivity contribution in [2.75, 3.05) is 5.32 Å². The molecule has 21 heavy (non-hydrogen) atoms. The number of carbonyl (C=O) groups is 2. The lowest BCUT2D eigenvalue weighted by atomic mass is 9.82. The Bertz CT molecular complexity index is 570. The van der Waals surface area contributed by atoms with Crippen LogP contribution in [0.5, 0.6) is 0 Å². The van der Waals surface area contributed by atoms with E-state index in [4.69, 9.17) is 0 Å². The van der Waals surface area contributed by atoms with E-state index >= 15 is 0 Å². The van der Waals surface area contributed by atoms with Gasteiger partial charge in [-0.2, -0.15) is 0 Å². The van der Waals surface area contributed by atoms with Gasteiger partial charge in [0.05, 0.1) is 11.6 Å². The minimum atomic E-state index is -1.15. The number of aryl methyl sites for hydroxylation is 2. The zero-order chi connectivity index (χ0) is 14.8. The van der Waals surface area contributed by atoms with Crippen molar-refractivity contribution in [3.8, 4) is 0 Å². The number of amides is 1. The smallest absolute Gasteiger partial charge is 0.230 e. The lowest BCUT2D eigenvalue weighted by Crippen LogP contribution is -2.41. The Hall–Kier alpha value is -1.69. The van der Waals surface area contributed by atoms with Gasteiger partial charge in [0.2, 0.25) is 5.91 Å². The molecule has 0 unspecified atom stereocenters. The van der Waals surface area contributed by atoms with Crippen LogP contribution in [0.2, 0.25) is 0 Å². The maximum atomic E-state index is 12.3. The number of anilines is 1. The minimum absolute atomic E-state index is 0.264. The topological polar surface area (TPSA) is 82.1 Å². The average Bonchev–Trinajstić information content (AvgIpc) is 2.89. The standard InChI is InChI=1S/C15H18N2O3S/c18-13(9-5-1-2-6-10(9)14(19)20)17-15-16-11-7-3-4-8-12(11)21-15/h1-2,9-10H,3-8H2,(H,19,20)(H,16,17,18)/p-1/t9-,10+/m1/s1. The van der Waals surface area contributed by atoms with Gasteiger partial charge in [0.15, 0.2) is 5.13 Å². The zero-order valence-corrected chi connectivity index (χ0v) is 12.4. The molecule has 1 amide bonds. The SMILES string of the molecule is O=C([O-])[C@H]1CC=CC[C@H]1C(=O)Nc1nc2c(s1)CCCC2. The van der Waals surface area contributed by atoms with E-state index in [1.807, 2.05) is 6.08 Å². The lowest BCUT2D eigenvalue weighted by Gasteiger charge is -2.27. The molecule has 6 heteroatoms. The first-order chi connectivity index (χ1) is 10.1. The predicted molar refractivity (Wildman–Crippen MR) is 77.7 cm³/mol. The van der Waals surface area contributed by atoms with Crippen molar-refractivity contribution in [1.82, 2.24) is 4.98 Å². The Labute approximate surface area is 127 Å². The van der Waals surface area contributed by atoms with Crippen molar-refractivity contribution < 1.29 is 14.7 Å². The van der Waals surface area contributed by atoms with Gasteiger partial charge >= 0.3 is 0 Å². The predicted octanol–water partition coefficient (Wildman–Crippen LogP) is 1.29.